The molecule has 1 fully saturated rings. The number of aliphatic carboxylic acids is 1. The van der Waals surface area contributed by atoms with Crippen molar-refractivity contribution >= 4 is 12.0 Å². The van der Waals surface area contributed by atoms with E-state index in [1.165, 1.54) is 0 Å². The number of carbonyl (C=O) groups is 2. The van der Waals surface area contributed by atoms with Crippen LogP contribution in [0.4, 0.5) is 4.79 Å². The van der Waals surface area contributed by atoms with Crippen molar-refractivity contribution in [1.82, 2.24) is 10.6 Å². The minimum atomic E-state index is -1.02. The SMILES string of the molecule is COCCC1(CNC(=O)NCCOCC(=O)O)CC1. The summed E-state index contributed by atoms with van der Waals surface area (Å²) < 4.78 is 9.84. The molecule has 0 unspecified atom stereocenters. The highest BCUT2D eigenvalue weighted by atomic mass is 16.5. The molecule has 0 spiro atoms. The van der Waals surface area contributed by atoms with Crippen molar-refractivity contribution < 1.29 is 24.2 Å². The van der Waals surface area contributed by atoms with E-state index in [1.54, 1.807) is 7.11 Å². The summed E-state index contributed by atoms with van der Waals surface area (Å²) in [5.74, 6) is -1.02. The molecule has 0 aromatic heterocycles. The maximum Gasteiger partial charge on any atom is 0.329 e. The fourth-order valence-corrected chi connectivity index (χ4v) is 1.74. The highest BCUT2D eigenvalue weighted by molar-refractivity contribution is 5.73. The van der Waals surface area contributed by atoms with Crippen LogP contribution < -0.4 is 10.6 Å². The monoisotopic (exact) mass is 274 g/mol. The molecule has 7 nitrogen and oxygen atoms in total. The molecule has 0 aromatic carbocycles. The molecule has 19 heavy (non-hydrogen) atoms. The van der Waals surface area contributed by atoms with Crippen molar-refractivity contribution in [1.29, 1.82) is 0 Å². The molecule has 1 aliphatic carbocycles. The van der Waals surface area contributed by atoms with Crippen molar-refractivity contribution in [2.45, 2.75) is 19.3 Å². The van der Waals surface area contributed by atoms with Crippen LogP contribution in [0.3, 0.4) is 0 Å². The van der Waals surface area contributed by atoms with E-state index in [2.05, 4.69) is 10.6 Å². The van der Waals surface area contributed by atoms with E-state index >= 15 is 0 Å². The first-order valence-corrected chi connectivity index (χ1v) is 6.38. The van der Waals surface area contributed by atoms with Crippen LogP contribution in [-0.4, -0.2) is 57.1 Å². The Hall–Kier alpha value is -1.34. The standard InChI is InChI=1S/C12H22N2O5/c1-18-6-4-12(2-3-12)9-14-11(17)13-5-7-19-8-10(15)16/h2-9H2,1H3,(H,15,16)(H2,13,14,17). The number of amides is 2. The van der Waals surface area contributed by atoms with E-state index in [-0.39, 0.29) is 24.7 Å². The van der Waals surface area contributed by atoms with Gasteiger partial charge in [0.2, 0.25) is 0 Å². The van der Waals surface area contributed by atoms with E-state index in [0.717, 1.165) is 19.3 Å². The molecular weight excluding hydrogens is 252 g/mol. The van der Waals surface area contributed by atoms with Gasteiger partial charge in [-0.2, -0.15) is 0 Å². The van der Waals surface area contributed by atoms with Gasteiger partial charge in [0.1, 0.15) is 6.61 Å². The Morgan fingerprint density at radius 2 is 2.00 bits per heavy atom. The molecule has 0 atom stereocenters. The van der Waals surface area contributed by atoms with Gasteiger partial charge in [-0.15, -0.1) is 0 Å². The highest BCUT2D eigenvalue weighted by Crippen LogP contribution is 2.48. The molecule has 0 aromatic rings. The van der Waals surface area contributed by atoms with E-state index < -0.39 is 5.97 Å². The van der Waals surface area contributed by atoms with E-state index in [9.17, 15) is 9.59 Å². The lowest BCUT2D eigenvalue weighted by molar-refractivity contribution is -0.142. The summed E-state index contributed by atoms with van der Waals surface area (Å²) in [5, 5.41) is 13.8. The van der Waals surface area contributed by atoms with Crippen LogP contribution in [0.2, 0.25) is 0 Å². The molecule has 0 saturated heterocycles. The summed E-state index contributed by atoms with van der Waals surface area (Å²) in [6, 6.07) is -0.248. The summed E-state index contributed by atoms with van der Waals surface area (Å²) >= 11 is 0. The topological polar surface area (TPSA) is 96.9 Å². The van der Waals surface area contributed by atoms with Crippen LogP contribution in [0.15, 0.2) is 0 Å². The van der Waals surface area contributed by atoms with Gasteiger partial charge in [-0.05, 0) is 24.7 Å². The van der Waals surface area contributed by atoms with Crippen molar-refractivity contribution in [3.63, 3.8) is 0 Å². The van der Waals surface area contributed by atoms with Crippen molar-refractivity contribution in [2.75, 3.05) is 40.0 Å². The molecule has 7 heteroatoms. The first-order valence-electron chi connectivity index (χ1n) is 6.38. The predicted molar refractivity (Wildman–Crippen MR) is 68.0 cm³/mol. The van der Waals surface area contributed by atoms with Crippen LogP contribution in [0, 0.1) is 5.41 Å². The summed E-state index contributed by atoms with van der Waals surface area (Å²) in [6.07, 6.45) is 3.21. The van der Waals surface area contributed by atoms with Crippen LogP contribution in [0.5, 0.6) is 0 Å². The van der Waals surface area contributed by atoms with Gasteiger partial charge in [-0.1, -0.05) is 0 Å². The Kier molecular flexibility index (Phi) is 6.58. The Morgan fingerprint density at radius 1 is 1.26 bits per heavy atom. The summed E-state index contributed by atoms with van der Waals surface area (Å²) in [5.41, 5.74) is 0.215. The largest absolute Gasteiger partial charge is 0.480 e. The Balaban J connectivity index is 2.00. The minimum Gasteiger partial charge on any atom is -0.480 e. The van der Waals surface area contributed by atoms with Crippen LogP contribution in [0.25, 0.3) is 0 Å². The quantitative estimate of drug-likeness (QED) is 0.495. The first kappa shape index (κ1) is 15.7. The second kappa shape index (κ2) is 7.96. The maximum atomic E-state index is 11.5. The van der Waals surface area contributed by atoms with Crippen molar-refractivity contribution in [3.8, 4) is 0 Å². The van der Waals surface area contributed by atoms with Gasteiger partial charge in [0.25, 0.3) is 0 Å². The lowest BCUT2D eigenvalue weighted by atomic mass is 10.0. The zero-order chi connectivity index (χ0) is 14.1. The first-order chi connectivity index (χ1) is 9.08. The van der Waals surface area contributed by atoms with E-state index in [4.69, 9.17) is 14.6 Å². The number of urea groups is 1. The molecule has 1 saturated carbocycles. The van der Waals surface area contributed by atoms with Gasteiger partial charge in [-0.25, -0.2) is 9.59 Å². The summed E-state index contributed by atoms with van der Waals surface area (Å²) in [6.45, 7) is 1.51. The normalized spacial score (nSPS) is 15.8. The smallest absolute Gasteiger partial charge is 0.329 e. The number of hydrogen-bond acceptors (Lipinski definition) is 4. The maximum absolute atomic E-state index is 11.5. The van der Waals surface area contributed by atoms with Crippen LogP contribution >= 0.6 is 0 Å². The van der Waals surface area contributed by atoms with Gasteiger partial charge in [0.05, 0.1) is 6.61 Å². The van der Waals surface area contributed by atoms with Gasteiger partial charge < -0.3 is 25.2 Å². The number of carboxylic acids is 1. The van der Waals surface area contributed by atoms with Gasteiger partial charge in [-0.3, -0.25) is 0 Å². The predicted octanol–water partition coefficient (Wildman–Crippen LogP) is 0.204. The number of ether oxygens (including phenoxy) is 2. The van der Waals surface area contributed by atoms with Crippen molar-refractivity contribution in [2.24, 2.45) is 5.41 Å². The average molecular weight is 274 g/mol. The Bertz CT molecular complexity index is 304. The summed E-state index contributed by atoms with van der Waals surface area (Å²) in [4.78, 5) is 21.6. The Morgan fingerprint density at radius 3 is 2.58 bits per heavy atom. The molecule has 1 aliphatic rings. The fourth-order valence-electron chi connectivity index (χ4n) is 1.74. The number of methoxy groups -OCH3 is 1. The molecule has 2 amide bonds. The third-order valence-electron chi connectivity index (χ3n) is 3.18. The fraction of sp³-hybridized carbons (Fsp3) is 0.833. The number of carbonyl (C=O) groups excluding carboxylic acids is 1. The lowest BCUT2D eigenvalue weighted by Crippen LogP contribution is -2.40. The molecule has 110 valence electrons. The number of carboxylic acid groups (broad SMARTS) is 1. The summed E-state index contributed by atoms with van der Waals surface area (Å²) in [7, 11) is 1.67. The molecule has 0 bridgehead atoms. The Labute approximate surface area is 112 Å². The van der Waals surface area contributed by atoms with Crippen molar-refractivity contribution in [3.05, 3.63) is 0 Å². The minimum absolute atomic E-state index is 0.189. The second-order valence-electron chi connectivity index (χ2n) is 4.80. The molecule has 3 N–H and O–H groups in total. The average Bonchev–Trinajstić information content (AvgIpc) is 3.14. The van der Waals surface area contributed by atoms with Crippen LogP contribution in [0.1, 0.15) is 19.3 Å². The molecule has 0 radical (unpaired) electrons. The van der Waals surface area contributed by atoms with Gasteiger partial charge in [0, 0.05) is 26.8 Å². The van der Waals surface area contributed by atoms with E-state index in [0.29, 0.717) is 19.7 Å². The van der Waals surface area contributed by atoms with Gasteiger partial charge >= 0.3 is 12.0 Å². The number of rotatable bonds is 10. The third-order valence-corrected chi connectivity index (χ3v) is 3.18. The van der Waals surface area contributed by atoms with Gasteiger partial charge in [0.15, 0.2) is 0 Å². The zero-order valence-electron chi connectivity index (χ0n) is 11.2. The van der Waals surface area contributed by atoms with Crippen LogP contribution in [-0.2, 0) is 14.3 Å². The highest BCUT2D eigenvalue weighted by Gasteiger charge is 2.42. The second-order valence-corrected chi connectivity index (χ2v) is 4.80. The molecule has 0 heterocycles. The third kappa shape index (κ3) is 6.97. The number of nitrogens with one attached hydrogen (secondary N) is 2. The molecule has 1 rings (SSSR count). The molecule has 0 aliphatic heterocycles. The lowest BCUT2D eigenvalue weighted by Gasteiger charge is -2.15. The zero-order valence-corrected chi connectivity index (χ0v) is 11.2. The molecular formula is C12H22N2O5. The number of hydrogen-bond donors (Lipinski definition) is 3. The van der Waals surface area contributed by atoms with E-state index in [1.807, 2.05) is 0 Å².